The van der Waals surface area contributed by atoms with E-state index in [0.29, 0.717) is 36.8 Å². The molecule has 3 rings (SSSR count). The number of hydrogen-bond acceptors (Lipinski definition) is 5. The third-order valence-corrected chi connectivity index (χ3v) is 10.1. The van der Waals surface area contributed by atoms with Crippen molar-refractivity contribution in [3.05, 3.63) is 29.3 Å². The number of phenols is 1. The Labute approximate surface area is 195 Å². The quantitative estimate of drug-likeness (QED) is 0.669. The van der Waals surface area contributed by atoms with E-state index in [1.165, 1.54) is 11.1 Å². The number of aryl methyl sites for hydroxylation is 1. The van der Waals surface area contributed by atoms with Gasteiger partial charge in [-0.05, 0) is 89.3 Å². The minimum Gasteiger partial charge on any atom is -0.508 e. The summed E-state index contributed by atoms with van der Waals surface area (Å²) in [5.41, 5.74) is 2.54. The van der Waals surface area contributed by atoms with Gasteiger partial charge in [0.05, 0.1) is 5.75 Å². The van der Waals surface area contributed by atoms with Crippen LogP contribution in [0.2, 0.25) is 0 Å². The molecule has 6 nitrogen and oxygen atoms in total. The largest absolute Gasteiger partial charge is 0.508 e. The second-order valence-electron chi connectivity index (χ2n) is 10.2. The molecule has 3 atom stereocenters. The SMILES string of the molecule is CCc1ccc(O)cc1[C@@]1(C)CCN(C)C(C)[C@@H]1N(C)CC1CCN(S(=O)(=O)CC)CC1. The highest BCUT2D eigenvalue weighted by molar-refractivity contribution is 7.89. The van der Waals surface area contributed by atoms with E-state index in [4.69, 9.17) is 0 Å². The lowest BCUT2D eigenvalue weighted by Gasteiger charge is -2.54. The van der Waals surface area contributed by atoms with Crippen molar-refractivity contribution in [1.82, 2.24) is 14.1 Å². The Morgan fingerprint density at radius 3 is 2.44 bits per heavy atom. The Bertz CT molecular complexity index is 882. The molecule has 1 N–H and O–H groups in total. The molecule has 7 heteroatoms. The summed E-state index contributed by atoms with van der Waals surface area (Å²) < 4.78 is 26.1. The molecule has 0 radical (unpaired) electrons. The van der Waals surface area contributed by atoms with Crippen LogP contribution in [0.25, 0.3) is 0 Å². The summed E-state index contributed by atoms with van der Waals surface area (Å²) in [5, 5.41) is 10.3. The highest BCUT2D eigenvalue weighted by Crippen LogP contribution is 2.43. The van der Waals surface area contributed by atoms with Crippen LogP contribution in [0, 0.1) is 5.92 Å². The van der Waals surface area contributed by atoms with Gasteiger partial charge in [-0.2, -0.15) is 0 Å². The van der Waals surface area contributed by atoms with Crippen molar-refractivity contribution in [3.63, 3.8) is 0 Å². The Balaban J connectivity index is 1.82. The highest BCUT2D eigenvalue weighted by atomic mass is 32.2. The molecule has 0 aromatic heterocycles. The first-order valence-electron chi connectivity index (χ1n) is 12.2. The summed E-state index contributed by atoms with van der Waals surface area (Å²) >= 11 is 0. The number of sulfonamides is 1. The molecule has 2 fully saturated rings. The van der Waals surface area contributed by atoms with Crippen molar-refractivity contribution in [2.24, 2.45) is 5.92 Å². The molecular weight excluding hydrogens is 422 g/mol. The molecule has 0 bridgehead atoms. The fourth-order valence-corrected chi connectivity index (χ4v) is 7.29. The third-order valence-electron chi connectivity index (χ3n) is 8.23. The lowest BCUT2D eigenvalue weighted by molar-refractivity contribution is 0.00988. The number of nitrogens with zero attached hydrogens (tertiary/aromatic N) is 3. The van der Waals surface area contributed by atoms with E-state index in [0.717, 1.165) is 38.8 Å². The molecule has 32 heavy (non-hydrogen) atoms. The summed E-state index contributed by atoms with van der Waals surface area (Å²) in [4.78, 5) is 4.98. The summed E-state index contributed by atoms with van der Waals surface area (Å²) in [6.45, 7) is 11.9. The van der Waals surface area contributed by atoms with Gasteiger partial charge in [0.2, 0.25) is 10.0 Å². The van der Waals surface area contributed by atoms with Crippen LogP contribution in [0.4, 0.5) is 0 Å². The molecule has 2 heterocycles. The fraction of sp³-hybridized carbons (Fsp3) is 0.760. The van der Waals surface area contributed by atoms with E-state index < -0.39 is 10.0 Å². The molecule has 1 unspecified atom stereocenters. The number of likely N-dealkylation sites (N-methyl/N-ethyl adjacent to an activating group) is 2. The van der Waals surface area contributed by atoms with Crippen LogP contribution >= 0.6 is 0 Å². The summed E-state index contributed by atoms with van der Waals surface area (Å²) in [5.74, 6) is 1.03. The maximum atomic E-state index is 12.2. The average molecular weight is 466 g/mol. The lowest BCUT2D eigenvalue weighted by Crippen LogP contribution is -2.63. The zero-order valence-corrected chi connectivity index (χ0v) is 21.7. The number of piperidine rings is 2. The van der Waals surface area contributed by atoms with Gasteiger partial charge in [-0.25, -0.2) is 12.7 Å². The molecule has 2 aliphatic rings. The lowest BCUT2D eigenvalue weighted by atomic mass is 9.66. The number of aromatic hydroxyl groups is 1. The van der Waals surface area contributed by atoms with Gasteiger partial charge < -0.3 is 14.9 Å². The zero-order chi connectivity index (χ0) is 23.7. The first kappa shape index (κ1) is 25.5. The first-order chi connectivity index (χ1) is 15.0. The molecule has 0 spiro atoms. The van der Waals surface area contributed by atoms with Crippen LogP contribution in [0.1, 0.15) is 58.1 Å². The zero-order valence-electron chi connectivity index (χ0n) is 20.8. The maximum absolute atomic E-state index is 12.2. The fourth-order valence-electron chi connectivity index (χ4n) is 6.16. The average Bonchev–Trinajstić information content (AvgIpc) is 2.77. The number of hydrogen-bond donors (Lipinski definition) is 1. The second kappa shape index (κ2) is 10.00. The van der Waals surface area contributed by atoms with E-state index in [-0.39, 0.29) is 11.2 Å². The minimum atomic E-state index is -3.09. The van der Waals surface area contributed by atoms with Crippen LogP contribution in [0.3, 0.4) is 0 Å². The number of likely N-dealkylation sites (tertiary alicyclic amines) is 1. The Morgan fingerprint density at radius 2 is 1.84 bits per heavy atom. The van der Waals surface area contributed by atoms with Crippen molar-refractivity contribution in [2.45, 2.75) is 70.9 Å². The van der Waals surface area contributed by atoms with Crippen LogP contribution in [0.5, 0.6) is 5.75 Å². The van der Waals surface area contributed by atoms with Gasteiger partial charge in [-0.3, -0.25) is 0 Å². The Kier molecular flexibility index (Phi) is 7.96. The van der Waals surface area contributed by atoms with E-state index in [1.807, 2.05) is 6.07 Å². The minimum absolute atomic E-state index is 0.0585. The Hall–Kier alpha value is -1.15. The molecule has 182 valence electrons. The number of benzene rings is 1. The molecule has 2 aliphatic heterocycles. The summed E-state index contributed by atoms with van der Waals surface area (Å²) in [7, 11) is 1.36. The predicted molar refractivity (Wildman–Crippen MR) is 132 cm³/mol. The second-order valence-corrected chi connectivity index (χ2v) is 12.5. The number of phenolic OH excluding ortho intramolecular Hbond substituents is 1. The van der Waals surface area contributed by atoms with E-state index in [1.54, 1.807) is 17.3 Å². The van der Waals surface area contributed by atoms with Crippen LogP contribution < -0.4 is 0 Å². The van der Waals surface area contributed by atoms with Crippen molar-refractivity contribution in [1.29, 1.82) is 0 Å². The molecular formula is C25H43N3O3S. The van der Waals surface area contributed by atoms with Crippen molar-refractivity contribution in [2.75, 3.05) is 46.0 Å². The smallest absolute Gasteiger partial charge is 0.213 e. The molecule has 0 aliphatic carbocycles. The van der Waals surface area contributed by atoms with Crippen LogP contribution in [-0.4, -0.2) is 85.7 Å². The monoisotopic (exact) mass is 465 g/mol. The first-order valence-corrected chi connectivity index (χ1v) is 13.8. The van der Waals surface area contributed by atoms with Gasteiger partial charge in [-0.15, -0.1) is 0 Å². The standard InChI is InChI=1S/C25H43N3O3S/c1-7-21-9-10-22(29)17-23(21)25(4)13-16-26(5)19(3)24(25)27(6)18-20-11-14-28(15-12-20)32(30,31)8-2/h9-10,17,19-20,24,29H,7-8,11-16,18H2,1-6H3/t19?,24-,25+/m0/s1. The van der Waals surface area contributed by atoms with E-state index >= 15 is 0 Å². The normalized spacial score (nSPS) is 29.0. The van der Waals surface area contributed by atoms with E-state index in [2.05, 4.69) is 50.7 Å². The topological polar surface area (TPSA) is 64.1 Å². The van der Waals surface area contributed by atoms with Crippen molar-refractivity contribution in [3.8, 4) is 5.75 Å². The van der Waals surface area contributed by atoms with Gasteiger partial charge >= 0.3 is 0 Å². The van der Waals surface area contributed by atoms with Crippen LogP contribution in [0.15, 0.2) is 18.2 Å². The Morgan fingerprint density at radius 1 is 1.19 bits per heavy atom. The summed E-state index contributed by atoms with van der Waals surface area (Å²) in [6.07, 6.45) is 3.84. The third kappa shape index (κ3) is 5.01. The van der Waals surface area contributed by atoms with Gasteiger partial charge in [0, 0.05) is 37.1 Å². The van der Waals surface area contributed by atoms with Gasteiger partial charge in [0.25, 0.3) is 0 Å². The maximum Gasteiger partial charge on any atom is 0.213 e. The summed E-state index contributed by atoms with van der Waals surface area (Å²) in [6, 6.07) is 6.57. The molecule has 0 amide bonds. The van der Waals surface area contributed by atoms with Gasteiger partial charge in [0.15, 0.2) is 0 Å². The molecule has 2 saturated heterocycles. The van der Waals surface area contributed by atoms with Gasteiger partial charge in [0.1, 0.15) is 5.75 Å². The number of rotatable bonds is 7. The highest BCUT2D eigenvalue weighted by Gasteiger charge is 2.47. The van der Waals surface area contributed by atoms with Gasteiger partial charge in [-0.1, -0.05) is 19.9 Å². The molecule has 0 saturated carbocycles. The van der Waals surface area contributed by atoms with Crippen LogP contribution in [-0.2, 0) is 21.9 Å². The van der Waals surface area contributed by atoms with Crippen molar-refractivity contribution >= 4 is 10.0 Å². The van der Waals surface area contributed by atoms with Crippen molar-refractivity contribution < 1.29 is 13.5 Å². The predicted octanol–water partition coefficient (Wildman–Crippen LogP) is 3.30. The molecule has 1 aromatic carbocycles. The van der Waals surface area contributed by atoms with E-state index in [9.17, 15) is 13.5 Å². The molecule has 1 aromatic rings.